The lowest BCUT2D eigenvalue weighted by Gasteiger charge is -2.25. The molecule has 116 valence electrons. The van der Waals surface area contributed by atoms with E-state index in [2.05, 4.69) is 5.32 Å². The van der Waals surface area contributed by atoms with Gasteiger partial charge in [-0.1, -0.05) is 0 Å². The molecule has 1 unspecified atom stereocenters. The van der Waals surface area contributed by atoms with E-state index in [9.17, 15) is 14.0 Å². The molecule has 1 aliphatic heterocycles. The molecule has 0 bridgehead atoms. The maximum Gasteiger partial charge on any atom is 0.264 e. The van der Waals surface area contributed by atoms with Crippen molar-refractivity contribution in [3.8, 4) is 0 Å². The van der Waals surface area contributed by atoms with E-state index in [1.54, 1.807) is 17.9 Å². The number of carbonyl (C=O) groups excluding carboxylic acids is 2. The van der Waals surface area contributed by atoms with E-state index in [0.29, 0.717) is 18.0 Å². The lowest BCUT2D eigenvalue weighted by Crippen LogP contribution is -2.45. The van der Waals surface area contributed by atoms with Crippen molar-refractivity contribution in [2.45, 2.75) is 26.3 Å². The topological polar surface area (TPSA) is 49.4 Å². The van der Waals surface area contributed by atoms with Crippen molar-refractivity contribution in [1.82, 2.24) is 10.2 Å². The summed E-state index contributed by atoms with van der Waals surface area (Å²) < 4.78 is 14.3. The van der Waals surface area contributed by atoms with Gasteiger partial charge in [-0.05, 0) is 49.4 Å². The second-order valence-electron chi connectivity index (χ2n) is 5.52. The summed E-state index contributed by atoms with van der Waals surface area (Å²) in [6.07, 6.45) is 0.736. The van der Waals surface area contributed by atoms with Crippen LogP contribution >= 0.6 is 11.3 Å². The number of benzene rings is 1. The summed E-state index contributed by atoms with van der Waals surface area (Å²) in [5.74, 6) is -0.589. The number of hydrogen-bond acceptors (Lipinski definition) is 3. The predicted molar refractivity (Wildman–Crippen MR) is 84.6 cm³/mol. The number of nitrogens with zero attached hydrogens (tertiary/aromatic N) is 1. The highest BCUT2D eigenvalue weighted by molar-refractivity contribution is 7.21. The van der Waals surface area contributed by atoms with Gasteiger partial charge < -0.3 is 10.2 Å². The van der Waals surface area contributed by atoms with Crippen LogP contribution in [0.25, 0.3) is 10.1 Å². The molecule has 1 aliphatic rings. The lowest BCUT2D eigenvalue weighted by atomic mass is 10.1. The number of rotatable bonds is 1. The Bertz CT molecular complexity index is 756. The Hall–Kier alpha value is -1.95. The molecule has 1 atom stereocenters. The molecule has 0 saturated carbocycles. The fourth-order valence-electron chi connectivity index (χ4n) is 2.75. The molecule has 3 rings (SSSR count). The Morgan fingerprint density at radius 3 is 3.00 bits per heavy atom. The first-order chi connectivity index (χ1) is 10.5. The SMILES string of the molecule is Cc1c(C(=O)N2CCCNC(=O)C2C)sc2ccc(F)cc12. The average Bonchev–Trinajstić information content (AvgIpc) is 2.72. The van der Waals surface area contributed by atoms with Gasteiger partial charge in [0.1, 0.15) is 11.9 Å². The van der Waals surface area contributed by atoms with Crippen molar-refractivity contribution < 1.29 is 14.0 Å². The third-order valence-corrected chi connectivity index (χ3v) is 5.34. The first-order valence-electron chi connectivity index (χ1n) is 7.26. The standard InChI is InChI=1S/C16H17FN2O2S/c1-9-12-8-11(17)4-5-13(12)22-14(9)16(21)19-7-3-6-18-15(20)10(19)2/h4-5,8,10H,3,6-7H2,1-2H3,(H,18,20). The highest BCUT2D eigenvalue weighted by Gasteiger charge is 2.30. The number of aryl methyl sites for hydroxylation is 1. The lowest BCUT2D eigenvalue weighted by molar-refractivity contribution is -0.124. The number of thiophene rings is 1. The highest BCUT2D eigenvalue weighted by Crippen LogP contribution is 2.32. The van der Waals surface area contributed by atoms with Crippen molar-refractivity contribution in [2.24, 2.45) is 0 Å². The Labute approximate surface area is 131 Å². The quantitative estimate of drug-likeness (QED) is 0.878. The molecule has 1 N–H and O–H groups in total. The molecule has 22 heavy (non-hydrogen) atoms. The van der Waals surface area contributed by atoms with E-state index in [1.165, 1.54) is 23.5 Å². The number of carbonyl (C=O) groups is 2. The van der Waals surface area contributed by atoms with E-state index < -0.39 is 6.04 Å². The van der Waals surface area contributed by atoms with Crippen LogP contribution in [-0.2, 0) is 4.79 Å². The number of fused-ring (bicyclic) bond motifs is 1. The smallest absolute Gasteiger partial charge is 0.264 e. The second-order valence-corrected chi connectivity index (χ2v) is 6.57. The minimum atomic E-state index is -0.489. The van der Waals surface area contributed by atoms with Crippen LogP contribution in [0.5, 0.6) is 0 Å². The van der Waals surface area contributed by atoms with Crippen LogP contribution < -0.4 is 5.32 Å². The average molecular weight is 320 g/mol. The number of nitrogens with one attached hydrogen (secondary N) is 1. The zero-order valence-electron chi connectivity index (χ0n) is 12.5. The normalized spacial score (nSPS) is 19.1. The van der Waals surface area contributed by atoms with Gasteiger partial charge in [-0.2, -0.15) is 0 Å². The van der Waals surface area contributed by atoms with E-state index >= 15 is 0 Å². The van der Waals surface area contributed by atoms with Gasteiger partial charge >= 0.3 is 0 Å². The Morgan fingerprint density at radius 2 is 2.23 bits per heavy atom. The largest absolute Gasteiger partial charge is 0.354 e. The number of halogens is 1. The van der Waals surface area contributed by atoms with Crippen LogP contribution in [-0.4, -0.2) is 35.8 Å². The minimum absolute atomic E-state index is 0.129. The fourth-order valence-corrected chi connectivity index (χ4v) is 3.89. The zero-order valence-corrected chi connectivity index (χ0v) is 13.3. The summed E-state index contributed by atoms with van der Waals surface area (Å²) in [5.41, 5.74) is 0.779. The molecule has 1 fully saturated rings. The van der Waals surface area contributed by atoms with Crippen LogP contribution in [0.1, 0.15) is 28.6 Å². The second kappa shape index (κ2) is 5.68. The van der Waals surface area contributed by atoms with Crippen LogP contribution in [0.2, 0.25) is 0 Å². The molecule has 2 aromatic rings. The van der Waals surface area contributed by atoms with Crippen molar-refractivity contribution in [2.75, 3.05) is 13.1 Å². The first-order valence-corrected chi connectivity index (χ1v) is 8.08. The van der Waals surface area contributed by atoms with Crippen molar-refractivity contribution in [3.63, 3.8) is 0 Å². The maximum absolute atomic E-state index is 13.4. The van der Waals surface area contributed by atoms with Gasteiger partial charge in [-0.15, -0.1) is 11.3 Å². The van der Waals surface area contributed by atoms with E-state index in [4.69, 9.17) is 0 Å². The van der Waals surface area contributed by atoms with Gasteiger partial charge in [0.05, 0.1) is 4.88 Å². The van der Waals surface area contributed by atoms with Crippen LogP contribution in [0.4, 0.5) is 4.39 Å². The Morgan fingerprint density at radius 1 is 1.45 bits per heavy atom. The molecule has 1 aromatic carbocycles. The summed E-state index contributed by atoms with van der Waals surface area (Å²) in [6, 6.07) is 4.05. The Kier molecular flexibility index (Phi) is 3.87. The molecule has 1 saturated heterocycles. The fraction of sp³-hybridized carbons (Fsp3) is 0.375. The van der Waals surface area contributed by atoms with Crippen molar-refractivity contribution in [1.29, 1.82) is 0 Å². The third kappa shape index (κ3) is 2.47. The molecule has 4 nitrogen and oxygen atoms in total. The zero-order chi connectivity index (χ0) is 15.9. The van der Waals surface area contributed by atoms with Crippen LogP contribution in [0, 0.1) is 12.7 Å². The number of hydrogen-bond donors (Lipinski definition) is 1. The summed E-state index contributed by atoms with van der Waals surface area (Å²) >= 11 is 1.35. The van der Waals surface area contributed by atoms with E-state index in [0.717, 1.165) is 22.1 Å². The first kappa shape index (κ1) is 15.0. The molecule has 0 aliphatic carbocycles. The minimum Gasteiger partial charge on any atom is -0.354 e. The van der Waals surface area contributed by atoms with E-state index in [1.807, 2.05) is 6.92 Å². The summed E-state index contributed by atoms with van der Waals surface area (Å²) in [6.45, 7) is 4.69. The van der Waals surface area contributed by atoms with Gasteiger partial charge in [0.15, 0.2) is 0 Å². The molecule has 2 amide bonds. The summed E-state index contributed by atoms with van der Waals surface area (Å²) in [5, 5.41) is 3.56. The maximum atomic E-state index is 13.4. The van der Waals surface area contributed by atoms with Gasteiger partial charge in [0.2, 0.25) is 5.91 Å². The van der Waals surface area contributed by atoms with Crippen molar-refractivity contribution >= 4 is 33.2 Å². The Balaban J connectivity index is 2.01. The van der Waals surface area contributed by atoms with Gasteiger partial charge in [0.25, 0.3) is 5.91 Å². The molecule has 1 aromatic heterocycles. The van der Waals surface area contributed by atoms with Crippen LogP contribution in [0.3, 0.4) is 0 Å². The summed E-state index contributed by atoms with van der Waals surface area (Å²) in [4.78, 5) is 27.0. The summed E-state index contributed by atoms with van der Waals surface area (Å²) in [7, 11) is 0. The molecular weight excluding hydrogens is 303 g/mol. The molecular formula is C16H17FN2O2S. The van der Waals surface area contributed by atoms with Gasteiger partial charge in [-0.3, -0.25) is 9.59 Å². The predicted octanol–water partition coefficient (Wildman–Crippen LogP) is 2.70. The highest BCUT2D eigenvalue weighted by atomic mass is 32.1. The van der Waals surface area contributed by atoms with Crippen molar-refractivity contribution in [3.05, 3.63) is 34.5 Å². The van der Waals surface area contributed by atoms with Crippen LogP contribution in [0.15, 0.2) is 18.2 Å². The monoisotopic (exact) mass is 320 g/mol. The number of amides is 2. The molecule has 0 spiro atoms. The molecule has 6 heteroatoms. The van der Waals surface area contributed by atoms with Gasteiger partial charge in [-0.25, -0.2) is 4.39 Å². The molecule has 2 heterocycles. The van der Waals surface area contributed by atoms with Gasteiger partial charge in [0, 0.05) is 17.8 Å². The third-order valence-electron chi connectivity index (χ3n) is 4.08. The van der Waals surface area contributed by atoms with E-state index in [-0.39, 0.29) is 17.6 Å². The molecule has 0 radical (unpaired) electrons.